The zero-order valence-corrected chi connectivity index (χ0v) is 14.5. The number of hydrogen-bond acceptors (Lipinski definition) is 5. The van der Waals surface area contributed by atoms with Crippen LogP contribution in [0.1, 0.15) is 16.2 Å². The average molecular weight is 354 g/mol. The van der Waals surface area contributed by atoms with Gasteiger partial charge in [0, 0.05) is 19.7 Å². The van der Waals surface area contributed by atoms with Crippen molar-refractivity contribution in [1.29, 1.82) is 0 Å². The van der Waals surface area contributed by atoms with Gasteiger partial charge in [-0.1, -0.05) is 17.7 Å². The Bertz CT molecular complexity index is 717. The fraction of sp³-hybridized carbons (Fsp3) is 0.375. The van der Waals surface area contributed by atoms with Gasteiger partial charge in [0.05, 0.1) is 17.8 Å². The molecule has 0 radical (unpaired) electrons. The summed E-state index contributed by atoms with van der Waals surface area (Å²) in [5.41, 5.74) is 0.835. The summed E-state index contributed by atoms with van der Waals surface area (Å²) in [4.78, 5) is 12.1. The fourth-order valence-electron chi connectivity index (χ4n) is 1.96. The predicted octanol–water partition coefficient (Wildman–Crippen LogP) is 1.56. The highest BCUT2D eigenvalue weighted by atomic mass is 35.5. The van der Waals surface area contributed by atoms with Crippen molar-refractivity contribution in [2.24, 2.45) is 7.05 Å². The molecule has 8 heteroatoms. The highest BCUT2D eigenvalue weighted by Gasteiger charge is 2.18. The lowest BCUT2D eigenvalue weighted by Crippen LogP contribution is -2.35. The molecule has 0 spiro atoms. The number of carbonyl (C=O) groups excluding carboxylic acids is 1. The Kier molecular flexibility index (Phi) is 6.05. The first-order chi connectivity index (χ1) is 11.4. The Hall–Kier alpha value is -2.25. The molecule has 130 valence electrons. The molecule has 1 amide bonds. The van der Waals surface area contributed by atoms with Crippen LogP contribution in [0.2, 0.25) is 5.02 Å². The van der Waals surface area contributed by atoms with Gasteiger partial charge in [0.2, 0.25) is 0 Å². The van der Waals surface area contributed by atoms with Gasteiger partial charge >= 0.3 is 0 Å². The SMILES string of the molecule is COc1cccc(OCC(O)CNC(=O)c2nn(C)c(C)c2Cl)c1. The molecule has 2 rings (SSSR count). The maximum Gasteiger partial charge on any atom is 0.273 e. The molecule has 1 atom stereocenters. The Morgan fingerprint density at radius 3 is 2.79 bits per heavy atom. The number of hydrogen-bond donors (Lipinski definition) is 2. The molecule has 1 unspecified atom stereocenters. The van der Waals surface area contributed by atoms with Gasteiger partial charge in [-0.15, -0.1) is 0 Å². The zero-order valence-electron chi connectivity index (χ0n) is 13.7. The van der Waals surface area contributed by atoms with E-state index < -0.39 is 12.0 Å². The zero-order chi connectivity index (χ0) is 17.7. The van der Waals surface area contributed by atoms with Crippen molar-refractivity contribution in [3.05, 3.63) is 40.7 Å². The fourth-order valence-corrected chi connectivity index (χ4v) is 2.21. The van der Waals surface area contributed by atoms with Crippen molar-refractivity contribution < 1.29 is 19.4 Å². The van der Waals surface area contributed by atoms with Crippen LogP contribution in [0.25, 0.3) is 0 Å². The summed E-state index contributed by atoms with van der Waals surface area (Å²) in [5.74, 6) is 0.794. The Balaban J connectivity index is 1.83. The first-order valence-electron chi connectivity index (χ1n) is 7.34. The van der Waals surface area contributed by atoms with E-state index in [9.17, 15) is 9.90 Å². The predicted molar refractivity (Wildman–Crippen MR) is 89.8 cm³/mol. The maximum atomic E-state index is 12.1. The van der Waals surface area contributed by atoms with Crippen molar-refractivity contribution in [2.75, 3.05) is 20.3 Å². The van der Waals surface area contributed by atoms with Gasteiger partial charge in [0.1, 0.15) is 24.2 Å². The molecule has 2 aromatic rings. The van der Waals surface area contributed by atoms with Crippen molar-refractivity contribution in [2.45, 2.75) is 13.0 Å². The van der Waals surface area contributed by atoms with Crippen molar-refractivity contribution in [3.8, 4) is 11.5 Å². The van der Waals surface area contributed by atoms with Crippen LogP contribution in [0.15, 0.2) is 24.3 Å². The van der Waals surface area contributed by atoms with Crippen molar-refractivity contribution in [3.63, 3.8) is 0 Å². The molecule has 0 saturated heterocycles. The molecular formula is C16H20ClN3O4. The van der Waals surface area contributed by atoms with E-state index in [-0.39, 0.29) is 18.8 Å². The molecule has 0 aliphatic carbocycles. The van der Waals surface area contributed by atoms with Crippen molar-refractivity contribution in [1.82, 2.24) is 15.1 Å². The topological polar surface area (TPSA) is 85.6 Å². The van der Waals surface area contributed by atoms with Crippen LogP contribution in [0.3, 0.4) is 0 Å². The van der Waals surface area contributed by atoms with Crippen LogP contribution in [-0.2, 0) is 7.05 Å². The molecule has 1 aromatic heterocycles. The normalized spacial score (nSPS) is 11.9. The number of rotatable bonds is 7. The minimum absolute atomic E-state index is 0.0226. The number of nitrogens with zero attached hydrogens (tertiary/aromatic N) is 2. The van der Waals surface area contributed by atoms with Gasteiger partial charge in [-0.05, 0) is 19.1 Å². The maximum absolute atomic E-state index is 12.1. The lowest BCUT2D eigenvalue weighted by atomic mass is 10.3. The lowest BCUT2D eigenvalue weighted by molar-refractivity contribution is 0.0839. The third kappa shape index (κ3) is 4.39. The van der Waals surface area contributed by atoms with Gasteiger partial charge in [0.25, 0.3) is 5.91 Å². The Morgan fingerprint density at radius 1 is 1.46 bits per heavy atom. The summed E-state index contributed by atoms with van der Waals surface area (Å²) >= 11 is 6.05. The molecule has 0 aliphatic rings. The van der Waals surface area contributed by atoms with Gasteiger partial charge in [0.15, 0.2) is 5.69 Å². The summed E-state index contributed by atoms with van der Waals surface area (Å²) in [6.45, 7) is 1.82. The second-order valence-corrected chi connectivity index (χ2v) is 5.60. The molecule has 0 saturated carbocycles. The standard InChI is InChI=1S/C16H20ClN3O4/c1-10-14(17)15(19-20(10)2)16(22)18-8-11(21)9-24-13-6-4-5-12(7-13)23-3/h4-7,11,21H,8-9H2,1-3H3,(H,18,22). The number of aliphatic hydroxyl groups excluding tert-OH is 1. The average Bonchev–Trinajstić information content (AvgIpc) is 2.85. The number of amides is 1. The van der Waals surface area contributed by atoms with E-state index in [1.165, 1.54) is 4.68 Å². The van der Waals surface area contributed by atoms with E-state index in [0.717, 1.165) is 0 Å². The lowest BCUT2D eigenvalue weighted by Gasteiger charge is -2.13. The summed E-state index contributed by atoms with van der Waals surface area (Å²) in [6, 6.07) is 7.04. The molecule has 0 aliphatic heterocycles. The Morgan fingerprint density at radius 2 is 2.17 bits per heavy atom. The number of aromatic nitrogens is 2. The van der Waals surface area contributed by atoms with Gasteiger partial charge in [-0.3, -0.25) is 9.48 Å². The molecular weight excluding hydrogens is 334 g/mol. The third-order valence-corrected chi connectivity index (χ3v) is 3.91. The van der Waals surface area contributed by atoms with E-state index in [4.69, 9.17) is 21.1 Å². The van der Waals surface area contributed by atoms with Crippen LogP contribution in [-0.4, -0.2) is 47.2 Å². The second kappa shape index (κ2) is 8.03. The summed E-state index contributed by atoms with van der Waals surface area (Å²) in [5, 5.41) is 16.9. The number of ether oxygens (including phenoxy) is 2. The second-order valence-electron chi connectivity index (χ2n) is 5.23. The smallest absolute Gasteiger partial charge is 0.273 e. The quantitative estimate of drug-likeness (QED) is 0.789. The van der Waals surface area contributed by atoms with E-state index in [2.05, 4.69) is 10.4 Å². The van der Waals surface area contributed by atoms with Crippen molar-refractivity contribution >= 4 is 17.5 Å². The third-order valence-electron chi connectivity index (χ3n) is 3.46. The molecule has 1 heterocycles. The largest absolute Gasteiger partial charge is 0.497 e. The van der Waals surface area contributed by atoms with Gasteiger partial charge < -0.3 is 19.9 Å². The molecule has 0 bridgehead atoms. The monoisotopic (exact) mass is 353 g/mol. The van der Waals surface area contributed by atoms with E-state index >= 15 is 0 Å². The first-order valence-corrected chi connectivity index (χ1v) is 7.72. The van der Waals surface area contributed by atoms with E-state index in [1.54, 1.807) is 45.3 Å². The van der Waals surface area contributed by atoms with E-state index in [1.807, 2.05) is 0 Å². The van der Waals surface area contributed by atoms with Gasteiger partial charge in [-0.25, -0.2) is 0 Å². The van der Waals surface area contributed by atoms with Crippen LogP contribution < -0.4 is 14.8 Å². The van der Waals surface area contributed by atoms with Crippen LogP contribution in [0.4, 0.5) is 0 Å². The number of benzene rings is 1. The van der Waals surface area contributed by atoms with Crippen LogP contribution in [0, 0.1) is 6.92 Å². The summed E-state index contributed by atoms with van der Waals surface area (Å²) in [6.07, 6.45) is -0.872. The minimum atomic E-state index is -0.872. The highest BCUT2D eigenvalue weighted by Crippen LogP contribution is 2.20. The minimum Gasteiger partial charge on any atom is -0.497 e. The van der Waals surface area contributed by atoms with Crippen LogP contribution >= 0.6 is 11.6 Å². The molecule has 1 aromatic carbocycles. The number of aryl methyl sites for hydroxylation is 1. The van der Waals surface area contributed by atoms with E-state index in [0.29, 0.717) is 22.2 Å². The summed E-state index contributed by atoms with van der Waals surface area (Å²) in [7, 11) is 3.27. The molecule has 24 heavy (non-hydrogen) atoms. The highest BCUT2D eigenvalue weighted by molar-refractivity contribution is 6.34. The number of halogens is 1. The summed E-state index contributed by atoms with van der Waals surface area (Å²) < 4.78 is 12.1. The molecule has 0 fully saturated rings. The molecule has 2 N–H and O–H groups in total. The number of nitrogens with one attached hydrogen (secondary N) is 1. The first kappa shape index (κ1) is 18.1. The Labute approximate surface area is 145 Å². The number of methoxy groups -OCH3 is 1. The van der Waals surface area contributed by atoms with Gasteiger partial charge in [-0.2, -0.15) is 5.10 Å². The molecule has 7 nitrogen and oxygen atoms in total. The number of carbonyl (C=O) groups is 1. The number of aliphatic hydroxyl groups is 1. The van der Waals surface area contributed by atoms with Crippen LogP contribution in [0.5, 0.6) is 11.5 Å².